The van der Waals surface area contributed by atoms with Crippen LogP contribution < -0.4 is 20.5 Å². The topological polar surface area (TPSA) is 73.6 Å². The molecule has 0 radical (unpaired) electrons. The van der Waals surface area contributed by atoms with Gasteiger partial charge in [-0.25, -0.2) is 0 Å². The van der Waals surface area contributed by atoms with Crippen molar-refractivity contribution in [2.24, 2.45) is 11.7 Å². The number of carbonyl (C=O) groups excluding carboxylic acids is 1. The first-order valence-electron chi connectivity index (χ1n) is 6.88. The second kappa shape index (κ2) is 6.61. The van der Waals surface area contributed by atoms with Gasteiger partial charge < -0.3 is 20.5 Å². The van der Waals surface area contributed by atoms with Gasteiger partial charge in [0.1, 0.15) is 0 Å². The Labute approximate surface area is 119 Å². The van der Waals surface area contributed by atoms with Crippen molar-refractivity contribution in [2.75, 3.05) is 20.8 Å². The van der Waals surface area contributed by atoms with Crippen molar-refractivity contribution in [3.8, 4) is 11.5 Å². The lowest BCUT2D eigenvalue weighted by atomic mass is 10.1. The van der Waals surface area contributed by atoms with Gasteiger partial charge in [0.2, 0.25) is 5.91 Å². The molecule has 0 spiro atoms. The van der Waals surface area contributed by atoms with Crippen LogP contribution in [0.5, 0.6) is 11.5 Å². The third-order valence-electron chi connectivity index (χ3n) is 3.60. The predicted octanol–water partition coefficient (Wildman–Crippen LogP) is 1.10. The molecule has 0 bridgehead atoms. The summed E-state index contributed by atoms with van der Waals surface area (Å²) in [4.78, 5) is 12.0. The maximum absolute atomic E-state index is 12.0. The van der Waals surface area contributed by atoms with Crippen molar-refractivity contribution < 1.29 is 14.3 Å². The highest BCUT2D eigenvalue weighted by atomic mass is 16.5. The van der Waals surface area contributed by atoms with Crippen LogP contribution in [0, 0.1) is 5.92 Å². The van der Waals surface area contributed by atoms with Crippen molar-refractivity contribution in [2.45, 2.75) is 25.3 Å². The van der Waals surface area contributed by atoms with E-state index in [1.165, 1.54) is 12.8 Å². The van der Waals surface area contributed by atoms with Crippen LogP contribution in [0.3, 0.4) is 0 Å². The first-order valence-corrected chi connectivity index (χ1v) is 6.88. The molecule has 5 heteroatoms. The summed E-state index contributed by atoms with van der Waals surface area (Å²) in [5.41, 5.74) is 6.58. The molecule has 1 saturated carbocycles. The molecule has 1 unspecified atom stereocenters. The van der Waals surface area contributed by atoms with Crippen LogP contribution in [-0.2, 0) is 11.2 Å². The lowest BCUT2D eigenvalue weighted by Crippen LogP contribution is -2.42. The monoisotopic (exact) mass is 278 g/mol. The smallest absolute Gasteiger partial charge is 0.224 e. The summed E-state index contributed by atoms with van der Waals surface area (Å²) < 4.78 is 10.4. The summed E-state index contributed by atoms with van der Waals surface area (Å²) in [6.45, 7) is 0.502. The Bertz CT molecular complexity index is 472. The highest BCUT2D eigenvalue weighted by Gasteiger charge is 2.31. The zero-order chi connectivity index (χ0) is 14.5. The van der Waals surface area contributed by atoms with Gasteiger partial charge in [-0.15, -0.1) is 0 Å². The number of hydrogen-bond donors (Lipinski definition) is 2. The normalized spacial score (nSPS) is 15.6. The molecule has 1 aliphatic rings. The van der Waals surface area contributed by atoms with Crippen molar-refractivity contribution >= 4 is 5.91 Å². The second-order valence-electron chi connectivity index (χ2n) is 5.11. The van der Waals surface area contributed by atoms with Gasteiger partial charge in [0.15, 0.2) is 11.5 Å². The van der Waals surface area contributed by atoms with Gasteiger partial charge in [0.25, 0.3) is 0 Å². The van der Waals surface area contributed by atoms with Gasteiger partial charge in [-0.3, -0.25) is 4.79 Å². The van der Waals surface area contributed by atoms with Crippen LogP contribution in [0.2, 0.25) is 0 Å². The Morgan fingerprint density at radius 3 is 2.60 bits per heavy atom. The van der Waals surface area contributed by atoms with Gasteiger partial charge in [0, 0.05) is 12.6 Å². The maximum Gasteiger partial charge on any atom is 0.224 e. The standard InChI is InChI=1S/C15H22N2O3/c1-19-13-6-3-10(7-14(13)20-2)8-15(18)17-12(9-16)11-4-5-11/h3,6-7,11-12H,4-5,8-9,16H2,1-2H3,(H,17,18). The minimum atomic E-state index is -0.000398. The van der Waals surface area contributed by atoms with Gasteiger partial charge >= 0.3 is 0 Å². The lowest BCUT2D eigenvalue weighted by Gasteiger charge is -2.16. The maximum atomic E-state index is 12.0. The van der Waals surface area contributed by atoms with Gasteiger partial charge in [-0.2, -0.15) is 0 Å². The van der Waals surface area contributed by atoms with E-state index >= 15 is 0 Å². The van der Waals surface area contributed by atoms with E-state index in [1.54, 1.807) is 14.2 Å². The second-order valence-corrected chi connectivity index (χ2v) is 5.11. The molecular formula is C15H22N2O3. The first-order chi connectivity index (χ1) is 9.67. The number of ether oxygens (including phenoxy) is 2. The zero-order valence-electron chi connectivity index (χ0n) is 12.0. The average molecular weight is 278 g/mol. The molecule has 2 rings (SSSR count). The summed E-state index contributed by atoms with van der Waals surface area (Å²) in [6.07, 6.45) is 2.65. The fraction of sp³-hybridized carbons (Fsp3) is 0.533. The predicted molar refractivity (Wildman–Crippen MR) is 77.0 cm³/mol. The number of methoxy groups -OCH3 is 2. The Balaban J connectivity index is 1.96. The third-order valence-corrected chi connectivity index (χ3v) is 3.60. The average Bonchev–Trinajstić information content (AvgIpc) is 3.29. The summed E-state index contributed by atoms with van der Waals surface area (Å²) in [6, 6.07) is 5.62. The molecule has 0 aromatic heterocycles. The molecule has 3 N–H and O–H groups in total. The molecule has 1 aliphatic carbocycles. The molecule has 0 saturated heterocycles. The fourth-order valence-corrected chi connectivity index (χ4v) is 2.30. The fourth-order valence-electron chi connectivity index (χ4n) is 2.30. The van der Waals surface area contributed by atoms with Gasteiger partial charge in [-0.1, -0.05) is 6.07 Å². The van der Waals surface area contributed by atoms with Crippen LogP contribution in [0.1, 0.15) is 18.4 Å². The molecule has 0 aliphatic heterocycles. The Morgan fingerprint density at radius 1 is 1.35 bits per heavy atom. The Kier molecular flexibility index (Phi) is 4.84. The SMILES string of the molecule is COc1ccc(CC(=O)NC(CN)C2CC2)cc1OC. The van der Waals surface area contributed by atoms with Gasteiger partial charge in [-0.05, 0) is 36.5 Å². The summed E-state index contributed by atoms with van der Waals surface area (Å²) in [5, 5.41) is 3.01. The summed E-state index contributed by atoms with van der Waals surface area (Å²) in [5.74, 6) is 1.86. The van der Waals surface area contributed by atoms with Crippen molar-refractivity contribution in [3.63, 3.8) is 0 Å². The minimum Gasteiger partial charge on any atom is -0.493 e. The van der Waals surface area contributed by atoms with Crippen molar-refractivity contribution in [1.82, 2.24) is 5.32 Å². The summed E-state index contributed by atoms with van der Waals surface area (Å²) >= 11 is 0. The molecule has 1 fully saturated rings. The molecule has 110 valence electrons. The highest BCUT2D eigenvalue weighted by Crippen LogP contribution is 2.32. The first kappa shape index (κ1) is 14.7. The number of rotatable bonds is 7. The number of hydrogen-bond acceptors (Lipinski definition) is 4. The largest absolute Gasteiger partial charge is 0.493 e. The lowest BCUT2D eigenvalue weighted by molar-refractivity contribution is -0.121. The van der Waals surface area contributed by atoms with E-state index < -0.39 is 0 Å². The molecule has 1 amide bonds. The molecule has 1 atom stereocenters. The number of benzene rings is 1. The molecule has 20 heavy (non-hydrogen) atoms. The van der Waals surface area contributed by atoms with E-state index in [1.807, 2.05) is 18.2 Å². The van der Waals surface area contributed by atoms with Gasteiger partial charge in [0.05, 0.1) is 20.6 Å². The zero-order valence-corrected chi connectivity index (χ0v) is 12.0. The van der Waals surface area contributed by atoms with Crippen LogP contribution in [0.15, 0.2) is 18.2 Å². The van der Waals surface area contributed by atoms with Crippen LogP contribution in [-0.4, -0.2) is 32.7 Å². The molecule has 1 aromatic rings. The molecule has 0 heterocycles. The quantitative estimate of drug-likeness (QED) is 0.783. The van der Waals surface area contributed by atoms with Crippen LogP contribution in [0.4, 0.5) is 0 Å². The van der Waals surface area contributed by atoms with E-state index in [4.69, 9.17) is 15.2 Å². The van der Waals surface area contributed by atoms with Crippen molar-refractivity contribution in [1.29, 1.82) is 0 Å². The Morgan fingerprint density at radius 2 is 2.05 bits per heavy atom. The van der Waals surface area contributed by atoms with E-state index in [9.17, 15) is 4.79 Å². The van der Waals surface area contributed by atoms with E-state index in [0.717, 1.165) is 5.56 Å². The number of nitrogens with one attached hydrogen (secondary N) is 1. The van der Waals surface area contributed by atoms with E-state index in [-0.39, 0.29) is 11.9 Å². The highest BCUT2D eigenvalue weighted by molar-refractivity contribution is 5.79. The molecule has 5 nitrogen and oxygen atoms in total. The van der Waals surface area contributed by atoms with E-state index in [0.29, 0.717) is 30.4 Å². The van der Waals surface area contributed by atoms with Crippen LogP contribution >= 0.6 is 0 Å². The van der Waals surface area contributed by atoms with Crippen molar-refractivity contribution in [3.05, 3.63) is 23.8 Å². The number of nitrogens with two attached hydrogens (primary N) is 1. The molecular weight excluding hydrogens is 256 g/mol. The van der Waals surface area contributed by atoms with E-state index in [2.05, 4.69) is 5.32 Å². The Hall–Kier alpha value is -1.75. The molecule has 1 aromatic carbocycles. The summed E-state index contributed by atoms with van der Waals surface area (Å²) in [7, 11) is 3.17. The third kappa shape index (κ3) is 3.63. The minimum absolute atomic E-state index is 0.000398. The number of carbonyl (C=O) groups is 1. The number of amides is 1. The van der Waals surface area contributed by atoms with Crippen LogP contribution in [0.25, 0.3) is 0 Å².